The van der Waals surface area contributed by atoms with E-state index in [9.17, 15) is 9.59 Å². The minimum atomic E-state index is -0.848. The lowest BCUT2D eigenvalue weighted by Crippen LogP contribution is -2.45. The summed E-state index contributed by atoms with van der Waals surface area (Å²) in [5, 5.41) is 0. The van der Waals surface area contributed by atoms with Crippen LogP contribution in [0.3, 0.4) is 0 Å². The molecule has 0 aromatic rings. The maximum atomic E-state index is 11.9. The molecule has 3 heterocycles. The minimum Gasteiger partial charge on any atom is -0.465 e. The van der Waals surface area contributed by atoms with Crippen molar-refractivity contribution in [3.8, 4) is 0 Å². The fourth-order valence-electron chi connectivity index (χ4n) is 2.95. The lowest BCUT2D eigenvalue weighted by Gasteiger charge is -2.34. The van der Waals surface area contributed by atoms with Gasteiger partial charge in [0.1, 0.15) is 17.1 Å². The van der Waals surface area contributed by atoms with Gasteiger partial charge in [-0.05, 0) is 12.2 Å². The van der Waals surface area contributed by atoms with E-state index in [0.717, 1.165) is 0 Å². The lowest BCUT2D eigenvalue weighted by atomic mass is 9.70. The predicted molar refractivity (Wildman–Crippen MR) is 54.6 cm³/mol. The van der Waals surface area contributed by atoms with Crippen LogP contribution in [-0.4, -0.2) is 30.1 Å². The van der Waals surface area contributed by atoms with Gasteiger partial charge < -0.3 is 9.47 Å². The van der Waals surface area contributed by atoms with Crippen molar-refractivity contribution in [1.82, 2.24) is 0 Å². The zero-order valence-electron chi connectivity index (χ0n) is 8.77. The Morgan fingerprint density at radius 1 is 1.50 bits per heavy atom. The number of hydrogen-bond acceptors (Lipinski definition) is 4. The Morgan fingerprint density at radius 3 is 2.94 bits per heavy atom. The number of cyclic esters (lactones) is 1. The maximum Gasteiger partial charge on any atom is 0.315 e. The summed E-state index contributed by atoms with van der Waals surface area (Å²) >= 11 is 0. The molecule has 2 saturated heterocycles. The van der Waals surface area contributed by atoms with E-state index in [-0.39, 0.29) is 11.8 Å². The zero-order valence-corrected chi connectivity index (χ0v) is 8.77. The van der Waals surface area contributed by atoms with E-state index in [1.54, 1.807) is 12.2 Å². The molecule has 0 N–H and O–H groups in total. The van der Waals surface area contributed by atoms with Crippen LogP contribution in [0.1, 0.15) is 12.8 Å². The highest BCUT2D eigenvalue weighted by atomic mass is 16.6. The van der Waals surface area contributed by atoms with Crippen molar-refractivity contribution in [3.63, 3.8) is 0 Å². The Labute approximate surface area is 92.9 Å². The number of carbonyl (C=O) groups is 2. The van der Waals surface area contributed by atoms with Crippen LogP contribution in [0.15, 0.2) is 24.8 Å². The molecule has 2 bridgehead atoms. The van der Waals surface area contributed by atoms with Crippen molar-refractivity contribution < 1.29 is 19.1 Å². The number of ketones is 1. The van der Waals surface area contributed by atoms with Crippen molar-refractivity contribution in [3.05, 3.63) is 24.8 Å². The third-order valence-corrected chi connectivity index (χ3v) is 3.89. The van der Waals surface area contributed by atoms with E-state index < -0.39 is 17.1 Å². The van der Waals surface area contributed by atoms with Gasteiger partial charge >= 0.3 is 5.97 Å². The molecule has 16 heavy (non-hydrogen) atoms. The second-order valence-corrected chi connectivity index (χ2v) is 4.51. The first-order valence-electron chi connectivity index (χ1n) is 5.35. The molecule has 3 rings (SSSR count). The number of esters is 1. The minimum absolute atomic E-state index is 0.0750. The van der Waals surface area contributed by atoms with Crippen LogP contribution in [0.25, 0.3) is 0 Å². The molecule has 2 fully saturated rings. The molecule has 0 saturated carbocycles. The predicted octanol–water partition coefficient (Wildman–Crippen LogP) is 0.772. The van der Waals surface area contributed by atoms with Crippen molar-refractivity contribution in [1.29, 1.82) is 0 Å². The third kappa shape index (κ3) is 0.888. The average Bonchev–Trinajstić information content (AvgIpc) is 2.78. The van der Waals surface area contributed by atoms with Gasteiger partial charge in [0, 0.05) is 12.8 Å². The van der Waals surface area contributed by atoms with Crippen LogP contribution in [0.2, 0.25) is 0 Å². The average molecular weight is 220 g/mol. The number of carbonyl (C=O) groups excluding carboxylic acids is 2. The molecule has 1 spiro atoms. The summed E-state index contributed by atoms with van der Waals surface area (Å²) in [5.41, 5.74) is -1.58. The van der Waals surface area contributed by atoms with Gasteiger partial charge in [-0.15, -0.1) is 0 Å². The molecule has 4 heteroatoms. The Bertz CT molecular complexity index is 425. The number of ether oxygens (including phenoxy) is 2. The van der Waals surface area contributed by atoms with Gasteiger partial charge in [0.25, 0.3) is 0 Å². The zero-order chi connectivity index (χ0) is 11.4. The molecular formula is C12H12O4. The molecule has 3 aliphatic rings. The highest BCUT2D eigenvalue weighted by Gasteiger charge is 2.66. The van der Waals surface area contributed by atoms with Crippen LogP contribution in [0.5, 0.6) is 0 Å². The summed E-state index contributed by atoms with van der Waals surface area (Å²) in [7, 11) is 0. The normalized spacial score (nSPS) is 45.1. The fourth-order valence-corrected chi connectivity index (χ4v) is 2.95. The van der Waals surface area contributed by atoms with Gasteiger partial charge in [-0.1, -0.05) is 12.7 Å². The quantitative estimate of drug-likeness (QED) is 0.484. The van der Waals surface area contributed by atoms with E-state index in [2.05, 4.69) is 6.58 Å². The van der Waals surface area contributed by atoms with E-state index in [0.29, 0.717) is 19.4 Å². The Morgan fingerprint density at radius 2 is 2.31 bits per heavy atom. The lowest BCUT2D eigenvalue weighted by molar-refractivity contribution is -0.151. The molecular weight excluding hydrogens is 208 g/mol. The van der Waals surface area contributed by atoms with Gasteiger partial charge in [0.2, 0.25) is 0 Å². The summed E-state index contributed by atoms with van der Waals surface area (Å²) in [5.74, 6) is -0.344. The first-order chi connectivity index (χ1) is 7.63. The van der Waals surface area contributed by atoms with Gasteiger partial charge in [-0.25, -0.2) is 0 Å². The van der Waals surface area contributed by atoms with Gasteiger partial charge in [-0.2, -0.15) is 0 Å². The molecule has 3 atom stereocenters. The Kier molecular flexibility index (Phi) is 1.73. The van der Waals surface area contributed by atoms with E-state index >= 15 is 0 Å². The van der Waals surface area contributed by atoms with Crippen molar-refractivity contribution >= 4 is 11.8 Å². The fraction of sp³-hybridized carbons (Fsp3) is 0.500. The maximum absolute atomic E-state index is 11.9. The topological polar surface area (TPSA) is 52.6 Å². The molecule has 3 aliphatic heterocycles. The summed E-state index contributed by atoms with van der Waals surface area (Å²) < 4.78 is 10.7. The Balaban J connectivity index is 2.15. The second-order valence-electron chi connectivity index (χ2n) is 4.51. The van der Waals surface area contributed by atoms with E-state index in [1.165, 1.54) is 6.08 Å². The summed E-state index contributed by atoms with van der Waals surface area (Å²) in [6.45, 7) is 4.13. The summed E-state index contributed by atoms with van der Waals surface area (Å²) in [6.07, 6.45) is 5.24. The number of hydrogen-bond donors (Lipinski definition) is 0. The van der Waals surface area contributed by atoms with Crippen molar-refractivity contribution in [2.45, 2.75) is 24.5 Å². The van der Waals surface area contributed by atoms with Crippen LogP contribution < -0.4 is 0 Å². The van der Waals surface area contributed by atoms with Crippen molar-refractivity contribution in [2.24, 2.45) is 5.41 Å². The number of rotatable bonds is 1. The van der Waals surface area contributed by atoms with Crippen LogP contribution in [-0.2, 0) is 19.1 Å². The van der Waals surface area contributed by atoms with Gasteiger partial charge in [0.15, 0.2) is 5.78 Å². The Hall–Kier alpha value is -1.42. The highest BCUT2D eigenvalue weighted by molar-refractivity contribution is 5.97. The summed E-state index contributed by atoms with van der Waals surface area (Å²) in [6, 6.07) is 0. The molecule has 1 unspecified atom stereocenters. The van der Waals surface area contributed by atoms with Crippen LogP contribution in [0.4, 0.5) is 0 Å². The molecule has 0 aliphatic carbocycles. The summed E-state index contributed by atoms with van der Waals surface area (Å²) in [4.78, 5) is 23.5. The second kappa shape index (κ2) is 2.83. The first kappa shape index (κ1) is 9.78. The van der Waals surface area contributed by atoms with Crippen LogP contribution in [0, 0.1) is 5.41 Å². The van der Waals surface area contributed by atoms with Gasteiger partial charge in [0.05, 0.1) is 6.61 Å². The monoisotopic (exact) mass is 220 g/mol. The number of fused-ring (bicyclic) bond motifs is 3. The first-order valence-corrected chi connectivity index (χ1v) is 5.35. The van der Waals surface area contributed by atoms with Crippen molar-refractivity contribution in [2.75, 3.05) is 6.61 Å². The smallest absolute Gasteiger partial charge is 0.315 e. The standard InChI is InChI=1S/C12H12O4/c1-2-12-4-3-8(13)9(16-12)7-11(12)5-6-15-10(11)14/h2-4,9H,1,5-7H2/t9?,11-,12-/m1/s1. The largest absolute Gasteiger partial charge is 0.465 e. The molecule has 0 aromatic carbocycles. The molecule has 0 aromatic heterocycles. The molecule has 0 amide bonds. The molecule has 84 valence electrons. The molecule has 0 radical (unpaired) electrons. The van der Waals surface area contributed by atoms with Crippen LogP contribution >= 0.6 is 0 Å². The SMILES string of the molecule is C=C[C@@]12C=CC(=O)C(C[C@@]13CCOC3=O)O2. The van der Waals surface area contributed by atoms with Gasteiger partial charge in [-0.3, -0.25) is 9.59 Å². The van der Waals surface area contributed by atoms with E-state index in [1.807, 2.05) is 0 Å². The van der Waals surface area contributed by atoms with E-state index in [4.69, 9.17) is 9.47 Å². The third-order valence-electron chi connectivity index (χ3n) is 3.89. The molecule has 4 nitrogen and oxygen atoms in total. The highest BCUT2D eigenvalue weighted by Crippen LogP contribution is 2.55.